The van der Waals surface area contributed by atoms with Gasteiger partial charge in [0.2, 0.25) is 23.6 Å². The minimum atomic E-state index is -1.67. The summed E-state index contributed by atoms with van der Waals surface area (Å²) in [6, 6.07) is -6.01. The lowest BCUT2D eigenvalue weighted by Crippen LogP contribution is -2.57. The molecule has 0 aromatic rings. The van der Waals surface area contributed by atoms with Gasteiger partial charge in [0.05, 0.1) is 12.5 Å². The molecule has 0 rings (SSSR count). The van der Waals surface area contributed by atoms with Crippen LogP contribution in [0, 0.1) is 0 Å². The van der Waals surface area contributed by atoms with Crippen molar-refractivity contribution in [3.63, 3.8) is 0 Å². The van der Waals surface area contributed by atoms with Gasteiger partial charge in [0.15, 0.2) is 0 Å². The molecule has 0 saturated carbocycles. The Morgan fingerprint density at radius 2 is 1.21 bits per heavy atom. The number of hydrogen-bond donors (Lipinski definition) is 9. The number of primary amides is 1. The third kappa shape index (κ3) is 12.3. The Morgan fingerprint density at radius 1 is 0.727 bits per heavy atom. The molecule has 15 nitrogen and oxygen atoms in total. The van der Waals surface area contributed by atoms with Crippen molar-refractivity contribution in [2.24, 2.45) is 11.5 Å². The second-order valence-corrected chi connectivity index (χ2v) is 7.21. The van der Waals surface area contributed by atoms with E-state index >= 15 is 0 Å². The highest BCUT2D eigenvalue weighted by atomic mass is 32.1. The third-order valence-electron chi connectivity index (χ3n) is 4.12. The molecule has 4 amide bonds. The Kier molecular flexibility index (Phi) is 13.1. The number of carboxylic acid groups (broad SMARTS) is 3. The summed E-state index contributed by atoms with van der Waals surface area (Å²) in [6.45, 7) is 0. The first-order chi connectivity index (χ1) is 15.3. The highest BCUT2D eigenvalue weighted by Crippen LogP contribution is 2.05. The van der Waals surface area contributed by atoms with Gasteiger partial charge in [-0.15, -0.1) is 0 Å². The van der Waals surface area contributed by atoms with Crippen molar-refractivity contribution in [2.45, 2.75) is 56.3 Å². The molecule has 0 aromatic carbocycles. The van der Waals surface area contributed by atoms with Gasteiger partial charge in [-0.2, -0.15) is 12.6 Å². The van der Waals surface area contributed by atoms with Crippen molar-refractivity contribution < 1.29 is 48.9 Å². The third-order valence-corrected chi connectivity index (χ3v) is 4.51. The highest BCUT2D eigenvalue weighted by molar-refractivity contribution is 7.80. The first-order valence-corrected chi connectivity index (χ1v) is 10.1. The van der Waals surface area contributed by atoms with Crippen molar-refractivity contribution in [1.29, 1.82) is 0 Å². The van der Waals surface area contributed by atoms with Crippen LogP contribution in [-0.4, -0.2) is 86.8 Å². The molecule has 0 heterocycles. The van der Waals surface area contributed by atoms with E-state index in [-0.39, 0.29) is 18.6 Å². The summed E-state index contributed by atoms with van der Waals surface area (Å²) in [4.78, 5) is 81.2. The van der Waals surface area contributed by atoms with Crippen LogP contribution in [0.25, 0.3) is 0 Å². The normalized spacial score (nSPS) is 14.1. The summed E-state index contributed by atoms with van der Waals surface area (Å²) in [5, 5.41) is 33.4. The SMILES string of the molecule is NC(=O)CCC(NC(=O)C(CCC(=O)O)NC(=O)C(CC(=O)O)NC(=O)C(N)CS)C(=O)O. The van der Waals surface area contributed by atoms with E-state index in [1.807, 2.05) is 0 Å². The van der Waals surface area contributed by atoms with Gasteiger partial charge < -0.3 is 42.7 Å². The molecule has 0 aliphatic rings. The largest absolute Gasteiger partial charge is 0.481 e. The fraction of sp³-hybridized carbons (Fsp3) is 0.588. The summed E-state index contributed by atoms with van der Waals surface area (Å²) in [5.74, 6) is -8.39. The number of aliphatic carboxylic acids is 3. The summed E-state index contributed by atoms with van der Waals surface area (Å²) in [7, 11) is 0. The quantitative estimate of drug-likeness (QED) is 0.0947. The average Bonchev–Trinajstić information content (AvgIpc) is 2.71. The van der Waals surface area contributed by atoms with Crippen LogP contribution in [0.2, 0.25) is 0 Å². The van der Waals surface area contributed by atoms with E-state index in [9.17, 15) is 38.7 Å². The van der Waals surface area contributed by atoms with Gasteiger partial charge in [-0.05, 0) is 12.8 Å². The zero-order valence-corrected chi connectivity index (χ0v) is 18.2. The molecular formula is C17H27N5O10S. The minimum absolute atomic E-state index is 0.112. The van der Waals surface area contributed by atoms with Crippen molar-refractivity contribution in [2.75, 3.05) is 5.75 Å². The van der Waals surface area contributed by atoms with Gasteiger partial charge in [0, 0.05) is 18.6 Å². The number of thiol groups is 1. The van der Waals surface area contributed by atoms with Gasteiger partial charge >= 0.3 is 17.9 Å². The summed E-state index contributed by atoms with van der Waals surface area (Å²) >= 11 is 3.82. The lowest BCUT2D eigenvalue weighted by molar-refractivity contribution is -0.144. The second kappa shape index (κ2) is 14.6. The van der Waals surface area contributed by atoms with E-state index in [0.717, 1.165) is 0 Å². The molecule has 0 bridgehead atoms. The van der Waals surface area contributed by atoms with E-state index in [1.165, 1.54) is 0 Å². The first kappa shape index (κ1) is 29.6. The maximum absolute atomic E-state index is 12.6. The molecule has 0 aliphatic carbocycles. The van der Waals surface area contributed by atoms with E-state index in [2.05, 4.69) is 28.6 Å². The number of rotatable bonds is 16. The Morgan fingerprint density at radius 3 is 1.67 bits per heavy atom. The van der Waals surface area contributed by atoms with Crippen LogP contribution < -0.4 is 27.4 Å². The number of nitrogens with one attached hydrogen (secondary N) is 3. The van der Waals surface area contributed by atoms with E-state index in [4.69, 9.17) is 21.7 Å². The van der Waals surface area contributed by atoms with Crippen LogP contribution in [0.4, 0.5) is 0 Å². The fourth-order valence-electron chi connectivity index (χ4n) is 2.37. The number of hydrogen-bond acceptors (Lipinski definition) is 9. The molecule has 33 heavy (non-hydrogen) atoms. The lowest BCUT2D eigenvalue weighted by atomic mass is 10.1. The number of carboxylic acids is 3. The van der Waals surface area contributed by atoms with Gasteiger partial charge in [0.1, 0.15) is 18.1 Å². The lowest BCUT2D eigenvalue weighted by Gasteiger charge is -2.24. The van der Waals surface area contributed by atoms with Crippen LogP contribution in [0.5, 0.6) is 0 Å². The maximum Gasteiger partial charge on any atom is 0.326 e. The Labute approximate surface area is 193 Å². The molecule has 0 radical (unpaired) electrons. The van der Waals surface area contributed by atoms with E-state index in [1.54, 1.807) is 0 Å². The molecule has 4 unspecified atom stereocenters. The van der Waals surface area contributed by atoms with Gasteiger partial charge in [-0.25, -0.2) is 4.79 Å². The Hall–Kier alpha value is -3.40. The van der Waals surface area contributed by atoms with Crippen molar-refractivity contribution in [3.05, 3.63) is 0 Å². The second-order valence-electron chi connectivity index (χ2n) is 6.85. The van der Waals surface area contributed by atoms with Crippen LogP contribution in [-0.2, 0) is 33.6 Å². The van der Waals surface area contributed by atoms with E-state index < -0.39 is 85.0 Å². The molecule has 0 aliphatic heterocycles. The van der Waals surface area contributed by atoms with Crippen LogP contribution >= 0.6 is 12.6 Å². The highest BCUT2D eigenvalue weighted by Gasteiger charge is 2.31. The van der Waals surface area contributed by atoms with Gasteiger partial charge in [-0.1, -0.05) is 0 Å². The van der Waals surface area contributed by atoms with Crippen LogP contribution in [0.15, 0.2) is 0 Å². The van der Waals surface area contributed by atoms with Gasteiger partial charge in [0.25, 0.3) is 0 Å². The molecule has 16 heteroatoms. The van der Waals surface area contributed by atoms with E-state index in [0.29, 0.717) is 0 Å². The zero-order chi connectivity index (χ0) is 25.7. The zero-order valence-electron chi connectivity index (χ0n) is 17.4. The molecule has 0 saturated heterocycles. The number of carbonyl (C=O) groups excluding carboxylic acids is 4. The predicted octanol–water partition coefficient (Wildman–Crippen LogP) is -3.61. The standard InChI is InChI=1S/C17H27N5O10S/c18-7(6-33)14(28)22-10(5-13(26)27)16(30)20-8(2-4-12(24)25)15(29)21-9(17(31)32)1-3-11(19)23/h7-10,33H,1-6,18H2,(H2,19,23)(H,20,30)(H,21,29)(H,22,28)(H,24,25)(H,26,27)(H,31,32). The topological polar surface area (TPSA) is 268 Å². The Bertz CT molecular complexity index is 777. The summed E-state index contributed by atoms with van der Waals surface area (Å²) in [6.07, 6.45) is -2.73. The number of carbonyl (C=O) groups is 7. The Balaban J connectivity index is 5.56. The fourth-order valence-corrected chi connectivity index (χ4v) is 2.54. The minimum Gasteiger partial charge on any atom is -0.481 e. The number of amides is 4. The van der Waals surface area contributed by atoms with Crippen LogP contribution in [0.1, 0.15) is 32.1 Å². The molecule has 0 fully saturated rings. The average molecular weight is 493 g/mol. The molecule has 4 atom stereocenters. The maximum atomic E-state index is 12.6. The first-order valence-electron chi connectivity index (χ1n) is 9.50. The molecule has 0 spiro atoms. The van der Waals surface area contributed by atoms with Crippen molar-refractivity contribution in [3.8, 4) is 0 Å². The van der Waals surface area contributed by atoms with Crippen molar-refractivity contribution in [1.82, 2.24) is 16.0 Å². The van der Waals surface area contributed by atoms with Gasteiger partial charge in [-0.3, -0.25) is 28.8 Å². The summed E-state index contributed by atoms with van der Waals surface area (Å²) < 4.78 is 0. The molecular weight excluding hydrogens is 466 g/mol. The van der Waals surface area contributed by atoms with Crippen LogP contribution in [0.3, 0.4) is 0 Å². The molecule has 10 N–H and O–H groups in total. The number of nitrogens with two attached hydrogens (primary N) is 2. The molecule has 186 valence electrons. The smallest absolute Gasteiger partial charge is 0.326 e. The molecule has 0 aromatic heterocycles. The predicted molar refractivity (Wildman–Crippen MR) is 113 cm³/mol. The summed E-state index contributed by atoms with van der Waals surface area (Å²) in [5.41, 5.74) is 10.4. The van der Waals surface area contributed by atoms with Crippen molar-refractivity contribution >= 4 is 54.2 Å². The monoisotopic (exact) mass is 493 g/mol.